The predicted octanol–water partition coefficient (Wildman–Crippen LogP) is 3.35. The summed E-state index contributed by atoms with van der Waals surface area (Å²) < 4.78 is 20.5. The van der Waals surface area contributed by atoms with Gasteiger partial charge in [-0.15, -0.1) is 0 Å². The molecule has 0 heterocycles. The average Bonchev–Trinajstić information content (AvgIpc) is 2.71. The minimum atomic E-state index is -0.258. The van der Waals surface area contributed by atoms with E-state index in [9.17, 15) is 0 Å². The van der Waals surface area contributed by atoms with E-state index >= 15 is 0 Å². The van der Waals surface area contributed by atoms with Crippen LogP contribution in [0, 0.1) is 7.14 Å². The van der Waals surface area contributed by atoms with Crippen molar-refractivity contribution in [3.63, 3.8) is 0 Å². The zero-order chi connectivity index (χ0) is 20.0. The fraction of sp³-hybridized carbons (Fsp3) is 0.500. The van der Waals surface area contributed by atoms with Crippen LogP contribution in [0.5, 0.6) is 17.2 Å². The summed E-state index contributed by atoms with van der Waals surface area (Å²) in [5, 5.41) is 0. The summed E-state index contributed by atoms with van der Waals surface area (Å²) in [6.45, 7) is 8.82. The molecule has 0 amide bonds. The maximum absolute atomic E-state index is 6.03. The van der Waals surface area contributed by atoms with E-state index in [1.165, 1.54) is 7.14 Å². The van der Waals surface area contributed by atoms with Gasteiger partial charge in [0.15, 0.2) is 18.6 Å². The lowest BCUT2D eigenvalue weighted by atomic mass is 10.3. The van der Waals surface area contributed by atoms with Crippen LogP contribution in [0.2, 0.25) is 0 Å². The van der Waals surface area contributed by atoms with Crippen LogP contribution in [0.4, 0.5) is 0 Å². The predicted molar refractivity (Wildman–Crippen MR) is 111 cm³/mol. The molecular weight excluding hydrogens is 463 g/mol. The van der Waals surface area contributed by atoms with E-state index in [4.69, 9.17) is 14.2 Å². The van der Waals surface area contributed by atoms with Crippen molar-refractivity contribution in [3.05, 3.63) is 49.6 Å². The molecule has 0 N–H and O–H groups in total. The highest BCUT2D eigenvalue weighted by atomic mass is 127. The summed E-state index contributed by atoms with van der Waals surface area (Å²) >= 11 is -0.258. The lowest BCUT2D eigenvalue weighted by Gasteiger charge is -2.12. The Morgan fingerprint density at radius 2 is 1.14 bits per heavy atom. The lowest BCUT2D eigenvalue weighted by Crippen LogP contribution is -3.61. The second kappa shape index (κ2) is 13.7. The molecule has 0 spiro atoms. The topological polar surface area (TPSA) is 27.7 Å². The summed E-state index contributed by atoms with van der Waals surface area (Å²) in [5.41, 5.74) is 0. The standard InChI is InChI=1S/C24H34IO3/c1-4-7-16-26-22-13-10-20(11-14-22)25-21-12-15-23(27-17-8-5-2)24(19-21)28-18-9-6-3/h10-15,19H,4-9,16-18H2,1-3H3/q+1. The Morgan fingerprint density at radius 3 is 1.75 bits per heavy atom. The molecule has 2 rings (SSSR count). The van der Waals surface area contributed by atoms with Crippen molar-refractivity contribution in [2.75, 3.05) is 19.8 Å². The highest BCUT2D eigenvalue weighted by molar-refractivity contribution is 5.39. The number of rotatable bonds is 14. The van der Waals surface area contributed by atoms with Crippen LogP contribution in [-0.4, -0.2) is 19.8 Å². The van der Waals surface area contributed by atoms with Crippen molar-refractivity contribution in [3.8, 4) is 17.2 Å². The molecule has 0 fully saturated rings. The molecule has 0 atom stereocenters. The number of halogens is 1. The molecule has 0 aliphatic carbocycles. The molecule has 0 saturated carbocycles. The Hall–Kier alpha value is -1.43. The Kier molecular flexibility index (Phi) is 11.2. The molecule has 154 valence electrons. The average molecular weight is 497 g/mol. The number of benzene rings is 2. The first kappa shape index (κ1) is 22.9. The van der Waals surface area contributed by atoms with Gasteiger partial charge in [-0.3, -0.25) is 0 Å². The summed E-state index contributed by atoms with van der Waals surface area (Å²) in [6.07, 6.45) is 6.65. The molecule has 0 saturated heterocycles. The third kappa shape index (κ3) is 8.29. The minimum absolute atomic E-state index is 0.258. The number of ether oxygens (including phenoxy) is 3. The molecule has 0 radical (unpaired) electrons. The van der Waals surface area contributed by atoms with Gasteiger partial charge in [0.1, 0.15) is 5.75 Å². The van der Waals surface area contributed by atoms with Crippen molar-refractivity contribution < 1.29 is 35.4 Å². The molecule has 0 bridgehead atoms. The highest BCUT2D eigenvalue weighted by Crippen LogP contribution is 2.27. The lowest BCUT2D eigenvalue weighted by molar-refractivity contribution is -0.597. The Labute approximate surface area is 181 Å². The smallest absolute Gasteiger partial charge is 0.358 e. The minimum Gasteiger partial charge on any atom is -0.494 e. The first-order valence-electron chi connectivity index (χ1n) is 10.5. The number of hydrogen-bond acceptors (Lipinski definition) is 3. The molecule has 0 unspecified atom stereocenters. The fourth-order valence-corrected chi connectivity index (χ4v) is 4.72. The van der Waals surface area contributed by atoms with E-state index in [0.717, 1.165) is 75.6 Å². The molecular formula is C24H34IO3+. The van der Waals surface area contributed by atoms with Gasteiger partial charge < -0.3 is 14.2 Å². The molecule has 2 aromatic rings. The van der Waals surface area contributed by atoms with Crippen LogP contribution in [0.25, 0.3) is 0 Å². The van der Waals surface area contributed by atoms with Crippen molar-refractivity contribution in [2.24, 2.45) is 0 Å². The molecule has 0 aliphatic heterocycles. The summed E-state index contributed by atoms with van der Waals surface area (Å²) in [5.74, 6) is 2.72. The zero-order valence-electron chi connectivity index (χ0n) is 17.5. The Morgan fingerprint density at radius 1 is 0.607 bits per heavy atom. The first-order valence-corrected chi connectivity index (χ1v) is 12.7. The van der Waals surface area contributed by atoms with Crippen LogP contribution >= 0.6 is 0 Å². The van der Waals surface area contributed by atoms with Crippen molar-refractivity contribution in [2.45, 2.75) is 59.3 Å². The largest absolute Gasteiger partial charge is 0.494 e. The Balaban J connectivity index is 2.02. The van der Waals surface area contributed by atoms with E-state index in [1.807, 2.05) is 0 Å². The van der Waals surface area contributed by atoms with E-state index in [2.05, 4.69) is 63.2 Å². The SMILES string of the molecule is CCCCOc1ccc([I+]c2ccc(OCCCC)c(OCCCC)c2)cc1. The summed E-state index contributed by atoms with van der Waals surface area (Å²) in [4.78, 5) is 0. The molecule has 0 aliphatic rings. The van der Waals surface area contributed by atoms with Crippen molar-refractivity contribution >= 4 is 0 Å². The third-order valence-electron chi connectivity index (χ3n) is 4.22. The van der Waals surface area contributed by atoms with Crippen molar-refractivity contribution in [1.82, 2.24) is 0 Å². The summed E-state index contributed by atoms with van der Waals surface area (Å²) in [7, 11) is 0. The molecule has 3 nitrogen and oxygen atoms in total. The van der Waals surface area contributed by atoms with Gasteiger partial charge >= 0.3 is 21.2 Å². The normalized spacial score (nSPS) is 10.7. The van der Waals surface area contributed by atoms with Crippen LogP contribution < -0.4 is 35.4 Å². The van der Waals surface area contributed by atoms with E-state index < -0.39 is 0 Å². The van der Waals surface area contributed by atoms with Crippen LogP contribution in [-0.2, 0) is 0 Å². The Bertz CT molecular complexity index is 670. The van der Waals surface area contributed by atoms with Gasteiger partial charge in [0.05, 0.1) is 19.8 Å². The quantitative estimate of drug-likeness (QED) is 0.296. The van der Waals surface area contributed by atoms with Crippen molar-refractivity contribution in [1.29, 1.82) is 0 Å². The van der Waals surface area contributed by atoms with Gasteiger partial charge in [-0.05, 0) is 55.7 Å². The van der Waals surface area contributed by atoms with Gasteiger partial charge in [0.25, 0.3) is 0 Å². The molecule has 2 aromatic carbocycles. The monoisotopic (exact) mass is 497 g/mol. The van der Waals surface area contributed by atoms with Gasteiger partial charge in [-0.1, -0.05) is 40.0 Å². The zero-order valence-corrected chi connectivity index (χ0v) is 19.7. The molecule has 4 heteroatoms. The third-order valence-corrected chi connectivity index (χ3v) is 6.85. The van der Waals surface area contributed by atoms with E-state index in [1.54, 1.807) is 0 Å². The molecule has 28 heavy (non-hydrogen) atoms. The number of unbranched alkanes of at least 4 members (excludes halogenated alkanes) is 3. The van der Waals surface area contributed by atoms with E-state index in [0.29, 0.717) is 0 Å². The maximum atomic E-state index is 6.03. The van der Waals surface area contributed by atoms with Gasteiger partial charge in [0.2, 0.25) is 0 Å². The van der Waals surface area contributed by atoms with E-state index in [-0.39, 0.29) is 21.2 Å². The highest BCUT2D eigenvalue weighted by Gasteiger charge is 2.19. The fourth-order valence-electron chi connectivity index (χ4n) is 2.48. The maximum Gasteiger partial charge on any atom is 0.358 e. The molecule has 0 aromatic heterocycles. The van der Waals surface area contributed by atoms with Gasteiger partial charge in [-0.25, -0.2) is 0 Å². The summed E-state index contributed by atoms with van der Waals surface area (Å²) in [6, 6.07) is 15.0. The van der Waals surface area contributed by atoms with Crippen LogP contribution in [0.3, 0.4) is 0 Å². The van der Waals surface area contributed by atoms with Crippen LogP contribution in [0.1, 0.15) is 59.3 Å². The first-order chi connectivity index (χ1) is 13.8. The number of hydrogen-bond donors (Lipinski definition) is 0. The van der Waals surface area contributed by atoms with Crippen LogP contribution in [0.15, 0.2) is 42.5 Å². The van der Waals surface area contributed by atoms with Gasteiger partial charge in [0, 0.05) is 6.07 Å². The second-order valence-corrected chi connectivity index (χ2v) is 9.78. The van der Waals surface area contributed by atoms with Gasteiger partial charge in [-0.2, -0.15) is 0 Å². The second-order valence-electron chi connectivity index (χ2n) is 6.75.